The SMILES string of the molecule is Brc1cccc2oc3c(-c4ccccc4)nc(-c4ccc(-c5ccccc5)cc4)nc3c12. The first-order valence-electron chi connectivity index (χ1n) is 10.4. The number of hydrogen-bond acceptors (Lipinski definition) is 3. The van der Waals surface area contributed by atoms with E-state index >= 15 is 0 Å². The molecule has 0 N–H and O–H groups in total. The first kappa shape index (κ1) is 19.0. The molecule has 4 aromatic carbocycles. The number of fused-ring (bicyclic) bond motifs is 3. The van der Waals surface area contributed by atoms with Gasteiger partial charge in [-0.1, -0.05) is 91.0 Å². The maximum atomic E-state index is 6.23. The molecule has 0 bridgehead atoms. The highest BCUT2D eigenvalue weighted by Gasteiger charge is 2.19. The van der Waals surface area contributed by atoms with Gasteiger partial charge in [-0.2, -0.15) is 0 Å². The van der Waals surface area contributed by atoms with Crippen molar-refractivity contribution in [2.24, 2.45) is 0 Å². The molecule has 0 atom stereocenters. The molecule has 2 heterocycles. The molecule has 6 rings (SSSR count). The molecule has 0 saturated carbocycles. The van der Waals surface area contributed by atoms with E-state index in [0.717, 1.165) is 43.3 Å². The summed E-state index contributed by atoms with van der Waals surface area (Å²) in [5.74, 6) is 0.675. The van der Waals surface area contributed by atoms with Crippen LogP contribution >= 0.6 is 15.9 Å². The Kier molecular flexibility index (Phi) is 4.58. The number of furan rings is 1. The predicted octanol–water partition coefficient (Wildman–Crippen LogP) is 8.14. The van der Waals surface area contributed by atoms with E-state index in [-0.39, 0.29) is 0 Å². The molecular weight excluding hydrogens is 460 g/mol. The highest BCUT2D eigenvalue weighted by Crippen LogP contribution is 2.38. The first-order chi connectivity index (χ1) is 15.8. The lowest BCUT2D eigenvalue weighted by Gasteiger charge is -2.07. The summed E-state index contributed by atoms with van der Waals surface area (Å²) >= 11 is 3.67. The Morgan fingerprint density at radius 1 is 0.562 bits per heavy atom. The van der Waals surface area contributed by atoms with E-state index < -0.39 is 0 Å². The molecule has 152 valence electrons. The highest BCUT2D eigenvalue weighted by molar-refractivity contribution is 9.10. The molecule has 0 aliphatic heterocycles. The minimum absolute atomic E-state index is 0.675. The molecular formula is C28H17BrN2O. The lowest BCUT2D eigenvalue weighted by molar-refractivity contribution is 0.667. The van der Waals surface area contributed by atoms with E-state index in [4.69, 9.17) is 14.4 Å². The average Bonchev–Trinajstić information content (AvgIpc) is 3.24. The van der Waals surface area contributed by atoms with Crippen LogP contribution in [0.5, 0.6) is 0 Å². The Hall–Kier alpha value is -3.76. The van der Waals surface area contributed by atoms with Crippen LogP contribution in [-0.2, 0) is 0 Å². The number of nitrogens with zero attached hydrogens (tertiary/aromatic N) is 2. The van der Waals surface area contributed by atoms with Crippen LogP contribution in [0, 0.1) is 0 Å². The fourth-order valence-corrected chi connectivity index (χ4v) is 4.54. The van der Waals surface area contributed by atoms with Crippen molar-refractivity contribution in [1.29, 1.82) is 0 Å². The van der Waals surface area contributed by atoms with Crippen molar-refractivity contribution in [3.8, 4) is 33.8 Å². The van der Waals surface area contributed by atoms with Gasteiger partial charge in [-0.25, -0.2) is 9.97 Å². The monoisotopic (exact) mass is 476 g/mol. The molecule has 0 saturated heterocycles. The van der Waals surface area contributed by atoms with Gasteiger partial charge in [0.25, 0.3) is 0 Å². The van der Waals surface area contributed by atoms with Gasteiger partial charge in [0.1, 0.15) is 16.8 Å². The second-order valence-corrected chi connectivity index (χ2v) is 8.45. The van der Waals surface area contributed by atoms with Crippen molar-refractivity contribution < 1.29 is 4.42 Å². The van der Waals surface area contributed by atoms with Gasteiger partial charge >= 0.3 is 0 Å². The molecule has 0 radical (unpaired) electrons. The van der Waals surface area contributed by atoms with Crippen molar-refractivity contribution >= 4 is 38.0 Å². The number of rotatable bonds is 3. The topological polar surface area (TPSA) is 38.9 Å². The molecule has 0 aliphatic rings. The molecule has 0 unspecified atom stereocenters. The van der Waals surface area contributed by atoms with E-state index in [1.54, 1.807) is 0 Å². The van der Waals surface area contributed by atoms with E-state index in [1.165, 1.54) is 5.56 Å². The Bertz CT molecular complexity index is 1560. The molecule has 0 aliphatic carbocycles. The average molecular weight is 477 g/mol. The fourth-order valence-electron chi connectivity index (χ4n) is 4.01. The fraction of sp³-hybridized carbons (Fsp3) is 0. The van der Waals surface area contributed by atoms with Crippen molar-refractivity contribution in [3.05, 3.63) is 108 Å². The van der Waals surface area contributed by atoms with Crippen molar-refractivity contribution in [2.75, 3.05) is 0 Å². The van der Waals surface area contributed by atoms with E-state index in [1.807, 2.05) is 66.7 Å². The second kappa shape index (κ2) is 7.74. The third kappa shape index (κ3) is 3.20. The molecule has 0 amide bonds. The van der Waals surface area contributed by atoms with Crippen LogP contribution in [0.3, 0.4) is 0 Å². The maximum absolute atomic E-state index is 6.23. The lowest BCUT2D eigenvalue weighted by atomic mass is 10.0. The van der Waals surface area contributed by atoms with Gasteiger partial charge in [-0.15, -0.1) is 0 Å². The molecule has 3 nitrogen and oxygen atoms in total. The van der Waals surface area contributed by atoms with Gasteiger partial charge in [0.15, 0.2) is 11.4 Å². The summed E-state index contributed by atoms with van der Waals surface area (Å²) in [4.78, 5) is 9.90. The number of halogens is 1. The Morgan fingerprint density at radius 3 is 1.91 bits per heavy atom. The largest absolute Gasteiger partial charge is 0.452 e. The molecule has 2 aromatic heterocycles. The predicted molar refractivity (Wildman–Crippen MR) is 133 cm³/mol. The summed E-state index contributed by atoms with van der Waals surface area (Å²) < 4.78 is 7.19. The Labute approximate surface area is 193 Å². The van der Waals surface area contributed by atoms with Gasteiger partial charge in [0.05, 0.1) is 5.39 Å². The van der Waals surface area contributed by atoms with E-state index in [2.05, 4.69) is 52.3 Å². The summed E-state index contributed by atoms with van der Waals surface area (Å²) in [5, 5.41) is 0.962. The molecule has 0 fully saturated rings. The zero-order chi connectivity index (χ0) is 21.5. The van der Waals surface area contributed by atoms with Crippen molar-refractivity contribution in [1.82, 2.24) is 9.97 Å². The smallest absolute Gasteiger partial charge is 0.180 e. The van der Waals surface area contributed by atoms with Crippen LogP contribution < -0.4 is 0 Å². The van der Waals surface area contributed by atoms with Gasteiger partial charge in [0, 0.05) is 15.6 Å². The van der Waals surface area contributed by atoms with Gasteiger partial charge < -0.3 is 4.42 Å². The van der Waals surface area contributed by atoms with Gasteiger partial charge in [-0.05, 0) is 39.2 Å². The van der Waals surface area contributed by atoms with E-state index in [9.17, 15) is 0 Å². The van der Waals surface area contributed by atoms with Crippen LogP contribution in [0.1, 0.15) is 0 Å². The molecule has 4 heteroatoms. The third-order valence-electron chi connectivity index (χ3n) is 5.59. The quantitative estimate of drug-likeness (QED) is 0.258. The Balaban J connectivity index is 1.58. The maximum Gasteiger partial charge on any atom is 0.180 e. The molecule has 6 aromatic rings. The minimum Gasteiger partial charge on any atom is -0.452 e. The standard InChI is InChI=1S/C28H17BrN2O/c29-22-12-7-13-23-24(22)26-27(32-23)25(20-10-5-2-6-11-20)30-28(31-26)21-16-14-19(15-17-21)18-8-3-1-4-9-18/h1-17H. The Morgan fingerprint density at radius 2 is 1.19 bits per heavy atom. The van der Waals surface area contributed by atoms with Gasteiger partial charge in [-0.3, -0.25) is 0 Å². The zero-order valence-electron chi connectivity index (χ0n) is 17.0. The number of aromatic nitrogens is 2. The third-order valence-corrected chi connectivity index (χ3v) is 6.25. The normalized spacial score (nSPS) is 11.3. The summed E-state index contributed by atoms with van der Waals surface area (Å²) in [5.41, 5.74) is 7.40. The molecule has 32 heavy (non-hydrogen) atoms. The van der Waals surface area contributed by atoms with E-state index in [0.29, 0.717) is 11.4 Å². The van der Waals surface area contributed by atoms with Gasteiger partial charge in [0.2, 0.25) is 0 Å². The summed E-state index contributed by atoms with van der Waals surface area (Å²) in [6.07, 6.45) is 0. The zero-order valence-corrected chi connectivity index (χ0v) is 18.6. The van der Waals surface area contributed by atoms with Crippen LogP contribution in [-0.4, -0.2) is 9.97 Å². The van der Waals surface area contributed by atoms with Crippen LogP contribution in [0.25, 0.3) is 55.8 Å². The summed E-state index contributed by atoms with van der Waals surface area (Å²) in [6, 6.07) is 34.8. The van der Waals surface area contributed by atoms with Crippen molar-refractivity contribution in [2.45, 2.75) is 0 Å². The van der Waals surface area contributed by atoms with Crippen molar-refractivity contribution in [3.63, 3.8) is 0 Å². The molecule has 0 spiro atoms. The van der Waals surface area contributed by atoms with Crippen LogP contribution in [0.4, 0.5) is 0 Å². The number of benzene rings is 4. The number of hydrogen-bond donors (Lipinski definition) is 0. The lowest BCUT2D eigenvalue weighted by Crippen LogP contribution is -1.94. The first-order valence-corrected chi connectivity index (χ1v) is 11.2. The highest BCUT2D eigenvalue weighted by atomic mass is 79.9. The van der Waals surface area contributed by atoms with Crippen LogP contribution in [0.15, 0.2) is 112 Å². The summed E-state index contributed by atoms with van der Waals surface area (Å²) in [6.45, 7) is 0. The van der Waals surface area contributed by atoms with Crippen LogP contribution in [0.2, 0.25) is 0 Å². The summed E-state index contributed by atoms with van der Waals surface area (Å²) in [7, 11) is 0. The minimum atomic E-state index is 0.675. The second-order valence-electron chi connectivity index (χ2n) is 7.60.